The van der Waals surface area contributed by atoms with E-state index in [1.165, 1.54) is 25.7 Å². The fraction of sp³-hybridized carbons (Fsp3) is 0.600. The first-order valence-electron chi connectivity index (χ1n) is 9.22. The van der Waals surface area contributed by atoms with Crippen molar-refractivity contribution in [3.05, 3.63) is 29.8 Å². The second-order valence-electron chi connectivity index (χ2n) is 7.42. The average Bonchev–Trinajstić information content (AvgIpc) is 3.37. The molecule has 0 N–H and O–H groups in total. The number of rotatable bonds is 3. The van der Waals surface area contributed by atoms with E-state index in [9.17, 15) is 4.79 Å². The van der Waals surface area contributed by atoms with Gasteiger partial charge in [-0.1, -0.05) is 12.8 Å². The molecule has 3 aliphatic rings. The van der Waals surface area contributed by atoms with Crippen LogP contribution in [0.1, 0.15) is 44.1 Å². The second kappa shape index (κ2) is 6.47. The van der Waals surface area contributed by atoms with E-state index in [2.05, 4.69) is 11.0 Å². The Balaban J connectivity index is 1.27. The number of benzene rings is 1. The van der Waals surface area contributed by atoms with Gasteiger partial charge in [-0.3, -0.25) is 4.79 Å². The summed E-state index contributed by atoms with van der Waals surface area (Å²) in [7, 11) is 0. The molecular formula is C20H24N2O2. The van der Waals surface area contributed by atoms with Gasteiger partial charge in [0.25, 0.3) is 0 Å². The molecule has 4 rings (SSSR count). The molecule has 0 bridgehead atoms. The lowest BCUT2D eigenvalue weighted by Gasteiger charge is -2.32. The third kappa shape index (κ3) is 3.00. The van der Waals surface area contributed by atoms with Crippen molar-refractivity contribution in [3.8, 4) is 11.8 Å². The van der Waals surface area contributed by atoms with E-state index in [4.69, 9.17) is 10.00 Å². The Morgan fingerprint density at radius 2 is 1.67 bits per heavy atom. The van der Waals surface area contributed by atoms with E-state index in [1.54, 1.807) is 12.1 Å². The number of hydrogen-bond donors (Lipinski definition) is 0. The van der Waals surface area contributed by atoms with Crippen LogP contribution < -0.4 is 4.74 Å². The fourth-order valence-electron chi connectivity index (χ4n) is 4.56. The number of carbonyl (C=O) groups is 1. The lowest BCUT2D eigenvalue weighted by atomic mass is 10.0. The minimum absolute atomic E-state index is 0.170. The van der Waals surface area contributed by atoms with Crippen molar-refractivity contribution in [2.45, 2.75) is 44.6 Å². The van der Waals surface area contributed by atoms with Gasteiger partial charge in [-0.05, 0) is 48.9 Å². The summed E-state index contributed by atoms with van der Waals surface area (Å²) in [5, 5.41) is 8.83. The monoisotopic (exact) mass is 324 g/mol. The molecule has 126 valence electrons. The van der Waals surface area contributed by atoms with Crippen LogP contribution in [0, 0.1) is 29.1 Å². The van der Waals surface area contributed by atoms with Crippen LogP contribution in [-0.4, -0.2) is 30.0 Å². The summed E-state index contributed by atoms with van der Waals surface area (Å²) >= 11 is 0. The summed E-state index contributed by atoms with van der Waals surface area (Å²) in [5.74, 6) is 2.94. The molecule has 0 radical (unpaired) electrons. The van der Waals surface area contributed by atoms with Gasteiger partial charge in [-0.15, -0.1) is 0 Å². The first-order chi connectivity index (χ1) is 11.8. The predicted molar refractivity (Wildman–Crippen MR) is 90.3 cm³/mol. The number of likely N-dealkylation sites (tertiary alicyclic amines) is 1. The number of carbonyl (C=O) groups excluding carboxylic acids is 1. The minimum atomic E-state index is 0.170. The van der Waals surface area contributed by atoms with Crippen molar-refractivity contribution in [3.63, 3.8) is 0 Å². The first kappa shape index (κ1) is 15.5. The third-order valence-electron chi connectivity index (χ3n) is 5.98. The largest absolute Gasteiger partial charge is 0.490 e. The lowest BCUT2D eigenvalue weighted by Crippen LogP contribution is -2.42. The summed E-state index contributed by atoms with van der Waals surface area (Å²) in [5.41, 5.74) is 0.647. The first-order valence-corrected chi connectivity index (χ1v) is 9.22. The van der Waals surface area contributed by atoms with Gasteiger partial charge in [-0.2, -0.15) is 5.26 Å². The van der Waals surface area contributed by atoms with Crippen molar-refractivity contribution in [2.75, 3.05) is 13.1 Å². The number of ether oxygens (including phenoxy) is 1. The molecule has 1 heterocycles. The molecule has 1 aromatic rings. The Kier molecular flexibility index (Phi) is 4.18. The number of nitrogens with zero attached hydrogens (tertiary/aromatic N) is 2. The number of piperidine rings is 1. The van der Waals surface area contributed by atoms with E-state index in [0.717, 1.165) is 31.7 Å². The molecule has 4 heteroatoms. The summed E-state index contributed by atoms with van der Waals surface area (Å²) in [6.45, 7) is 1.63. The Morgan fingerprint density at radius 1 is 1.04 bits per heavy atom. The fourth-order valence-corrected chi connectivity index (χ4v) is 4.56. The molecule has 2 unspecified atom stereocenters. The standard InChI is InChI=1S/C20H24N2O2/c21-13-14-5-7-15(8-6-14)24-16-9-11-22(12-10-16)20(23)19-17-3-1-2-4-18(17)19/h5-8,16-19H,1-4,9-12H2. The third-order valence-corrected chi connectivity index (χ3v) is 5.98. The van der Waals surface area contributed by atoms with Crippen LogP contribution in [0.4, 0.5) is 0 Å². The molecule has 4 nitrogen and oxygen atoms in total. The van der Waals surface area contributed by atoms with Crippen molar-refractivity contribution >= 4 is 5.91 Å². The zero-order valence-corrected chi connectivity index (χ0v) is 14.0. The summed E-state index contributed by atoms with van der Waals surface area (Å²) in [6.07, 6.45) is 7.11. The van der Waals surface area contributed by atoms with Gasteiger partial charge >= 0.3 is 0 Å². The molecule has 2 saturated carbocycles. The maximum atomic E-state index is 12.7. The van der Waals surface area contributed by atoms with Crippen LogP contribution in [0.25, 0.3) is 0 Å². The molecule has 2 atom stereocenters. The Hall–Kier alpha value is -2.02. The van der Waals surface area contributed by atoms with Gasteiger partial charge in [0.05, 0.1) is 11.6 Å². The molecule has 0 spiro atoms. The highest BCUT2D eigenvalue weighted by Crippen LogP contribution is 2.56. The van der Waals surface area contributed by atoms with Crippen LogP contribution in [0.2, 0.25) is 0 Å². The number of hydrogen-bond acceptors (Lipinski definition) is 3. The highest BCUT2D eigenvalue weighted by atomic mass is 16.5. The highest BCUT2D eigenvalue weighted by molar-refractivity contribution is 5.82. The highest BCUT2D eigenvalue weighted by Gasteiger charge is 2.55. The van der Waals surface area contributed by atoms with Crippen LogP contribution in [0.3, 0.4) is 0 Å². The second-order valence-corrected chi connectivity index (χ2v) is 7.42. The number of nitriles is 1. The summed E-state index contributed by atoms with van der Waals surface area (Å²) in [4.78, 5) is 14.8. The molecule has 1 saturated heterocycles. The number of fused-ring (bicyclic) bond motifs is 1. The minimum Gasteiger partial charge on any atom is -0.490 e. The molecule has 3 fully saturated rings. The molecule has 0 aromatic heterocycles. The molecule has 2 aliphatic carbocycles. The average molecular weight is 324 g/mol. The van der Waals surface area contributed by atoms with E-state index < -0.39 is 0 Å². The Morgan fingerprint density at radius 3 is 2.25 bits per heavy atom. The predicted octanol–water partition coefficient (Wildman–Crippen LogP) is 3.36. The Bertz CT molecular complexity index is 629. The van der Waals surface area contributed by atoms with Crippen LogP contribution in [0.5, 0.6) is 5.75 Å². The van der Waals surface area contributed by atoms with Gasteiger partial charge in [0.2, 0.25) is 5.91 Å². The SMILES string of the molecule is N#Cc1ccc(OC2CCN(C(=O)C3C4CCCCC43)CC2)cc1. The van der Waals surface area contributed by atoms with Crippen LogP contribution in [0.15, 0.2) is 24.3 Å². The topological polar surface area (TPSA) is 53.3 Å². The van der Waals surface area contributed by atoms with E-state index in [0.29, 0.717) is 29.2 Å². The zero-order valence-electron chi connectivity index (χ0n) is 14.0. The van der Waals surface area contributed by atoms with Gasteiger partial charge in [0.15, 0.2) is 0 Å². The molecular weight excluding hydrogens is 300 g/mol. The van der Waals surface area contributed by atoms with Crippen molar-refractivity contribution in [1.29, 1.82) is 5.26 Å². The van der Waals surface area contributed by atoms with Crippen molar-refractivity contribution < 1.29 is 9.53 Å². The Labute approximate surface area is 143 Å². The lowest BCUT2D eigenvalue weighted by molar-refractivity contribution is -0.135. The van der Waals surface area contributed by atoms with Crippen LogP contribution >= 0.6 is 0 Å². The van der Waals surface area contributed by atoms with Crippen molar-refractivity contribution in [2.24, 2.45) is 17.8 Å². The zero-order chi connectivity index (χ0) is 16.5. The van der Waals surface area contributed by atoms with Gasteiger partial charge < -0.3 is 9.64 Å². The van der Waals surface area contributed by atoms with Gasteiger partial charge in [0, 0.05) is 31.8 Å². The summed E-state index contributed by atoms with van der Waals surface area (Å²) < 4.78 is 6.01. The number of amides is 1. The van der Waals surface area contributed by atoms with E-state index in [1.807, 2.05) is 12.1 Å². The van der Waals surface area contributed by atoms with E-state index >= 15 is 0 Å². The molecule has 1 amide bonds. The van der Waals surface area contributed by atoms with Crippen molar-refractivity contribution in [1.82, 2.24) is 4.90 Å². The molecule has 1 aliphatic heterocycles. The molecule has 1 aromatic carbocycles. The van der Waals surface area contributed by atoms with Crippen LogP contribution in [-0.2, 0) is 4.79 Å². The normalized spacial score (nSPS) is 29.5. The smallest absolute Gasteiger partial charge is 0.226 e. The quantitative estimate of drug-likeness (QED) is 0.856. The maximum Gasteiger partial charge on any atom is 0.226 e. The maximum absolute atomic E-state index is 12.7. The van der Waals surface area contributed by atoms with Gasteiger partial charge in [0.1, 0.15) is 11.9 Å². The molecule has 24 heavy (non-hydrogen) atoms. The summed E-state index contributed by atoms with van der Waals surface area (Å²) in [6, 6.07) is 9.38. The van der Waals surface area contributed by atoms with E-state index in [-0.39, 0.29) is 6.10 Å². The van der Waals surface area contributed by atoms with Gasteiger partial charge in [-0.25, -0.2) is 0 Å².